The number of nitrogens with zero attached hydrogens (tertiary/aromatic N) is 1. The van der Waals surface area contributed by atoms with E-state index in [1.807, 2.05) is 19.9 Å². The summed E-state index contributed by atoms with van der Waals surface area (Å²) in [6.07, 6.45) is 1.60. The van der Waals surface area contributed by atoms with Crippen LogP contribution in [0.3, 0.4) is 0 Å². The molecule has 1 heterocycles. The topological polar surface area (TPSA) is 92.5 Å². The zero-order valence-electron chi connectivity index (χ0n) is 13.4. The number of nitrogens with one attached hydrogen (secondary N) is 1. The number of hydrogen-bond acceptors (Lipinski definition) is 4. The van der Waals surface area contributed by atoms with Gasteiger partial charge in [-0.3, -0.25) is 9.10 Å². The molecular formula is C15H24ClN3O3S. The molecule has 23 heavy (non-hydrogen) atoms. The number of sulfonamides is 1. The minimum Gasteiger partial charge on any atom is -0.328 e. The SMILES string of the molecule is Cc1ccc(NC(=O)CCC(C)N)cc1N1CCCS1(=O)=O.Cl. The number of hydrogen-bond donors (Lipinski definition) is 2. The van der Waals surface area contributed by atoms with Gasteiger partial charge < -0.3 is 11.1 Å². The smallest absolute Gasteiger partial charge is 0.235 e. The molecule has 0 radical (unpaired) electrons. The molecule has 1 aliphatic heterocycles. The van der Waals surface area contributed by atoms with Crippen LogP contribution in [0.5, 0.6) is 0 Å². The molecule has 1 aromatic carbocycles. The van der Waals surface area contributed by atoms with E-state index in [0.29, 0.717) is 37.2 Å². The van der Waals surface area contributed by atoms with Crippen LogP contribution in [0.2, 0.25) is 0 Å². The third-order valence-corrected chi connectivity index (χ3v) is 5.54. The van der Waals surface area contributed by atoms with E-state index in [4.69, 9.17) is 5.73 Å². The predicted molar refractivity (Wildman–Crippen MR) is 95.7 cm³/mol. The second kappa shape index (κ2) is 7.99. The fraction of sp³-hybridized carbons (Fsp3) is 0.533. The van der Waals surface area contributed by atoms with Gasteiger partial charge >= 0.3 is 0 Å². The van der Waals surface area contributed by atoms with Gasteiger partial charge in [-0.1, -0.05) is 6.07 Å². The zero-order valence-corrected chi connectivity index (χ0v) is 15.0. The second-order valence-corrected chi connectivity index (χ2v) is 7.82. The van der Waals surface area contributed by atoms with Crippen LogP contribution < -0.4 is 15.4 Å². The number of benzene rings is 1. The van der Waals surface area contributed by atoms with Crippen molar-refractivity contribution in [3.8, 4) is 0 Å². The van der Waals surface area contributed by atoms with Crippen molar-refractivity contribution < 1.29 is 13.2 Å². The van der Waals surface area contributed by atoms with Crippen LogP contribution in [0.25, 0.3) is 0 Å². The lowest BCUT2D eigenvalue weighted by atomic mass is 10.1. The van der Waals surface area contributed by atoms with Crippen LogP contribution in [0.4, 0.5) is 11.4 Å². The van der Waals surface area contributed by atoms with Gasteiger partial charge in [-0.15, -0.1) is 12.4 Å². The van der Waals surface area contributed by atoms with Crippen molar-refractivity contribution in [2.45, 2.75) is 39.2 Å². The highest BCUT2D eigenvalue weighted by atomic mass is 35.5. The molecule has 2 rings (SSSR count). The highest BCUT2D eigenvalue weighted by Crippen LogP contribution is 2.30. The van der Waals surface area contributed by atoms with Crippen molar-refractivity contribution in [2.24, 2.45) is 5.73 Å². The van der Waals surface area contributed by atoms with Gasteiger partial charge in [0.2, 0.25) is 15.9 Å². The average Bonchev–Trinajstić information content (AvgIpc) is 2.78. The van der Waals surface area contributed by atoms with E-state index in [2.05, 4.69) is 5.32 Å². The summed E-state index contributed by atoms with van der Waals surface area (Å²) in [7, 11) is -3.23. The summed E-state index contributed by atoms with van der Waals surface area (Å²) >= 11 is 0. The van der Waals surface area contributed by atoms with Crippen LogP contribution in [-0.2, 0) is 14.8 Å². The highest BCUT2D eigenvalue weighted by Gasteiger charge is 2.29. The summed E-state index contributed by atoms with van der Waals surface area (Å²) in [5.41, 5.74) is 7.76. The lowest BCUT2D eigenvalue weighted by molar-refractivity contribution is -0.116. The van der Waals surface area contributed by atoms with Gasteiger partial charge in [0.25, 0.3) is 0 Å². The summed E-state index contributed by atoms with van der Waals surface area (Å²) < 4.78 is 25.5. The largest absolute Gasteiger partial charge is 0.328 e. The maximum atomic E-state index is 12.1. The molecular weight excluding hydrogens is 338 g/mol. The number of aryl methyl sites for hydroxylation is 1. The third-order valence-electron chi connectivity index (χ3n) is 3.69. The molecule has 8 heteroatoms. The minimum absolute atomic E-state index is 0. The summed E-state index contributed by atoms with van der Waals surface area (Å²) in [5, 5.41) is 2.80. The standard InChI is InChI=1S/C15H23N3O3S.ClH/c1-11-4-6-13(17-15(19)7-5-12(2)16)10-14(11)18-8-3-9-22(18,20)21;/h4,6,10,12H,3,5,7-9,16H2,1-2H3,(H,17,19);1H. The first-order valence-electron chi connectivity index (χ1n) is 7.46. The molecule has 0 aliphatic carbocycles. The molecule has 1 fully saturated rings. The molecule has 1 atom stereocenters. The fourth-order valence-electron chi connectivity index (χ4n) is 2.45. The van der Waals surface area contributed by atoms with Gasteiger partial charge in [-0.2, -0.15) is 0 Å². The zero-order chi connectivity index (χ0) is 16.3. The predicted octanol–water partition coefficient (Wildman–Crippen LogP) is 2.02. The van der Waals surface area contributed by atoms with Crippen LogP contribution in [0.15, 0.2) is 18.2 Å². The molecule has 0 spiro atoms. The summed E-state index contributed by atoms with van der Waals surface area (Å²) in [6, 6.07) is 5.31. The van der Waals surface area contributed by atoms with Gasteiger partial charge in [0.1, 0.15) is 0 Å². The highest BCUT2D eigenvalue weighted by molar-refractivity contribution is 7.93. The first-order chi connectivity index (χ1) is 10.3. The number of rotatable bonds is 5. The Balaban J connectivity index is 0.00000264. The van der Waals surface area contributed by atoms with Gasteiger partial charge in [0.05, 0.1) is 11.4 Å². The normalized spacial score (nSPS) is 17.4. The van der Waals surface area contributed by atoms with Crippen LogP contribution in [0, 0.1) is 6.92 Å². The van der Waals surface area contributed by atoms with Crippen molar-refractivity contribution in [1.82, 2.24) is 0 Å². The number of carbonyl (C=O) groups is 1. The first-order valence-corrected chi connectivity index (χ1v) is 9.07. The maximum Gasteiger partial charge on any atom is 0.235 e. The Bertz CT molecular complexity index is 662. The Kier molecular flexibility index (Phi) is 6.85. The number of halogens is 1. The summed E-state index contributed by atoms with van der Waals surface area (Å²) in [5.74, 6) is 0.0635. The van der Waals surface area contributed by atoms with E-state index < -0.39 is 10.0 Å². The number of amides is 1. The quantitative estimate of drug-likeness (QED) is 0.839. The molecule has 1 unspecified atom stereocenters. The van der Waals surface area contributed by atoms with Crippen molar-refractivity contribution in [3.05, 3.63) is 23.8 Å². The van der Waals surface area contributed by atoms with E-state index in [0.717, 1.165) is 5.56 Å². The van der Waals surface area contributed by atoms with Crippen molar-refractivity contribution in [1.29, 1.82) is 0 Å². The van der Waals surface area contributed by atoms with E-state index in [1.165, 1.54) is 4.31 Å². The monoisotopic (exact) mass is 361 g/mol. The van der Waals surface area contributed by atoms with Gasteiger partial charge in [-0.05, 0) is 44.4 Å². The average molecular weight is 362 g/mol. The molecule has 0 bridgehead atoms. The molecule has 6 nitrogen and oxygen atoms in total. The maximum absolute atomic E-state index is 12.1. The van der Waals surface area contributed by atoms with Gasteiger partial charge in [0.15, 0.2) is 0 Å². The summed E-state index contributed by atoms with van der Waals surface area (Å²) in [6.45, 7) is 4.21. The molecule has 1 saturated heterocycles. The van der Waals surface area contributed by atoms with Crippen molar-refractivity contribution in [2.75, 3.05) is 21.9 Å². The Morgan fingerprint density at radius 3 is 2.70 bits per heavy atom. The Labute approximate surface area is 143 Å². The lowest BCUT2D eigenvalue weighted by Gasteiger charge is -2.20. The molecule has 0 aromatic heterocycles. The molecule has 3 N–H and O–H groups in total. The molecule has 1 amide bonds. The van der Waals surface area contributed by atoms with Crippen molar-refractivity contribution in [3.63, 3.8) is 0 Å². The van der Waals surface area contributed by atoms with Gasteiger partial charge in [-0.25, -0.2) is 8.42 Å². The molecule has 1 aliphatic rings. The Morgan fingerprint density at radius 1 is 1.43 bits per heavy atom. The number of nitrogens with two attached hydrogens (primary N) is 1. The number of anilines is 2. The molecule has 130 valence electrons. The molecule has 0 saturated carbocycles. The third kappa shape index (κ3) is 5.09. The second-order valence-electron chi connectivity index (χ2n) is 5.81. The van der Waals surface area contributed by atoms with Crippen LogP contribution >= 0.6 is 12.4 Å². The van der Waals surface area contributed by atoms with E-state index >= 15 is 0 Å². The van der Waals surface area contributed by atoms with E-state index in [1.54, 1.807) is 12.1 Å². The Morgan fingerprint density at radius 2 is 2.13 bits per heavy atom. The van der Waals surface area contributed by atoms with E-state index in [9.17, 15) is 13.2 Å². The van der Waals surface area contributed by atoms with E-state index in [-0.39, 0.29) is 30.1 Å². The minimum atomic E-state index is -3.23. The molecule has 1 aromatic rings. The van der Waals surface area contributed by atoms with Crippen molar-refractivity contribution >= 4 is 39.7 Å². The van der Waals surface area contributed by atoms with Crippen LogP contribution in [0.1, 0.15) is 31.7 Å². The Hall–Kier alpha value is -1.31. The summed E-state index contributed by atoms with van der Waals surface area (Å²) in [4.78, 5) is 11.9. The lowest BCUT2D eigenvalue weighted by Crippen LogP contribution is -2.26. The number of carbonyl (C=O) groups excluding carboxylic acids is 1. The first kappa shape index (κ1) is 19.7. The van der Waals surface area contributed by atoms with Gasteiger partial charge in [0, 0.05) is 24.7 Å². The van der Waals surface area contributed by atoms with Crippen LogP contribution in [-0.4, -0.2) is 32.7 Å². The fourth-order valence-corrected chi connectivity index (χ4v) is 4.07.